The van der Waals surface area contributed by atoms with Gasteiger partial charge in [0.15, 0.2) is 5.78 Å². The Morgan fingerprint density at radius 3 is 2.48 bits per heavy atom. The van der Waals surface area contributed by atoms with E-state index in [2.05, 4.69) is 0 Å². The van der Waals surface area contributed by atoms with Gasteiger partial charge < -0.3 is 4.74 Å². The number of hydrogen-bond acceptors (Lipinski definition) is 4. The van der Waals surface area contributed by atoms with E-state index in [9.17, 15) is 13.2 Å². The van der Waals surface area contributed by atoms with Gasteiger partial charge in [-0.15, -0.1) is 0 Å². The molecular formula is C15H19NO4S. The molecule has 1 aromatic carbocycles. The first-order valence-electron chi connectivity index (χ1n) is 7.26. The highest BCUT2D eigenvalue weighted by atomic mass is 32.2. The zero-order valence-electron chi connectivity index (χ0n) is 12.0. The topological polar surface area (TPSA) is 63.7 Å². The Labute approximate surface area is 124 Å². The Morgan fingerprint density at radius 2 is 1.90 bits per heavy atom. The number of carbonyl (C=O) groups is 1. The number of methoxy groups -OCH3 is 1. The summed E-state index contributed by atoms with van der Waals surface area (Å²) in [6, 6.07) is 4.72. The molecule has 3 rings (SSSR count). The van der Waals surface area contributed by atoms with Crippen LogP contribution in [0.15, 0.2) is 23.1 Å². The van der Waals surface area contributed by atoms with Crippen LogP contribution in [0.5, 0.6) is 5.75 Å². The number of carbonyl (C=O) groups excluding carboxylic acids is 1. The average molecular weight is 309 g/mol. The van der Waals surface area contributed by atoms with Crippen LogP contribution in [0.3, 0.4) is 0 Å². The van der Waals surface area contributed by atoms with E-state index in [-0.39, 0.29) is 16.6 Å². The summed E-state index contributed by atoms with van der Waals surface area (Å²) in [7, 11) is -2.14. The number of rotatable bonds is 5. The molecule has 0 spiro atoms. The number of hydrogen-bond donors (Lipinski definition) is 0. The number of ether oxygens (including phenoxy) is 1. The van der Waals surface area contributed by atoms with Crippen molar-refractivity contribution in [2.75, 3.05) is 20.2 Å². The first-order chi connectivity index (χ1) is 10.0. The minimum Gasteiger partial charge on any atom is -0.495 e. The van der Waals surface area contributed by atoms with Gasteiger partial charge >= 0.3 is 0 Å². The van der Waals surface area contributed by atoms with Crippen molar-refractivity contribution < 1.29 is 17.9 Å². The zero-order chi connectivity index (χ0) is 15.0. The van der Waals surface area contributed by atoms with Gasteiger partial charge in [0.1, 0.15) is 10.6 Å². The first kappa shape index (κ1) is 14.5. The van der Waals surface area contributed by atoms with Gasteiger partial charge in [0.25, 0.3) is 0 Å². The molecule has 0 amide bonds. The summed E-state index contributed by atoms with van der Waals surface area (Å²) >= 11 is 0. The van der Waals surface area contributed by atoms with Gasteiger partial charge in [-0.3, -0.25) is 4.79 Å². The maximum Gasteiger partial charge on any atom is 0.246 e. The molecule has 21 heavy (non-hydrogen) atoms. The second-order valence-electron chi connectivity index (χ2n) is 5.62. The summed E-state index contributed by atoms with van der Waals surface area (Å²) in [5.74, 6) is 0.408. The molecule has 1 aliphatic heterocycles. The minimum atomic E-state index is -3.59. The first-order valence-corrected chi connectivity index (χ1v) is 8.70. The Bertz CT molecular complexity index is 658. The van der Waals surface area contributed by atoms with Gasteiger partial charge in [-0.1, -0.05) is 0 Å². The lowest BCUT2D eigenvalue weighted by Gasteiger charge is -2.18. The standard InChI is InChI=1S/C15H19NO4S/c1-20-13-7-6-12(15(17)11-4-5-11)10-14(13)21(18,19)16-8-2-3-9-16/h6-7,10-11H,2-5,8-9H2,1H3. The predicted octanol–water partition coefficient (Wildman–Crippen LogP) is 2.07. The predicted molar refractivity (Wildman–Crippen MR) is 78.0 cm³/mol. The summed E-state index contributed by atoms with van der Waals surface area (Å²) in [6.07, 6.45) is 3.56. The van der Waals surface area contributed by atoms with Crippen LogP contribution in [-0.2, 0) is 10.0 Å². The number of benzene rings is 1. The van der Waals surface area contributed by atoms with Crippen molar-refractivity contribution >= 4 is 15.8 Å². The van der Waals surface area contributed by atoms with Gasteiger partial charge in [0.05, 0.1) is 7.11 Å². The molecule has 0 unspecified atom stereocenters. The van der Waals surface area contributed by atoms with Crippen molar-refractivity contribution in [2.45, 2.75) is 30.6 Å². The molecule has 5 nitrogen and oxygen atoms in total. The maximum absolute atomic E-state index is 12.7. The minimum absolute atomic E-state index is 0.0375. The molecule has 0 aromatic heterocycles. The van der Waals surface area contributed by atoms with E-state index in [1.807, 2.05) is 0 Å². The molecule has 1 heterocycles. The van der Waals surface area contributed by atoms with Crippen LogP contribution >= 0.6 is 0 Å². The highest BCUT2D eigenvalue weighted by molar-refractivity contribution is 7.89. The molecule has 114 valence electrons. The van der Waals surface area contributed by atoms with Crippen LogP contribution in [-0.4, -0.2) is 38.7 Å². The lowest BCUT2D eigenvalue weighted by molar-refractivity contribution is 0.0967. The third-order valence-electron chi connectivity index (χ3n) is 4.08. The van der Waals surface area contributed by atoms with Crippen LogP contribution in [0.25, 0.3) is 0 Å². The van der Waals surface area contributed by atoms with Crippen LogP contribution in [0.2, 0.25) is 0 Å². The van der Waals surface area contributed by atoms with Gasteiger partial charge in [-0.2, -0.15) is 4.31 Å². The SMILES string of the molecule is COc1ccc(C(=O)C2CC2)cc1S(=O)(=O)N1CCCC1. The lowest BCUT2D eigenvalue weighted by Crippen LogP contribution is -2.28. The number of sulfonamides is 1. The molecule has 0 atom stereocenters. The van der Waals surface area contributed by atoms with Crippen LogP contribution in [0.1, 0.15) is 36.0 Å². The van der Waals surface area contributed by atoms with Crippen molar-refractivity contribution in [3.63, 3.8) is 0 Å². The number of nitrogens with zero attached hydrogens (tertiary/aromatic N) is 1. The van der Waals surface area contributed by atoms with Gasteiger partial charge in [0.2, 0.25) is 10.0 Å². The van der Waals surface area contributed by atoms with Gasteiger partial charge in [0, 0.05) is 24.6 Å². The van der Waals surface area contributed by atoms with Crippen molar-refractivity contribution in [3.05, 3.63) is 23.8 Å². The molecule has 0 bridgehead atoms. The van der Waals surface area contributed by atoms with E-state index in [0.29, 0.717) is 24.4 Å². The van der Waals surface area contributed by atoms with E-state index in [1.54, 1.807) is 12.1 Å². The Balaban J connectivity index is 2.02. The quantitative estimate of drug-likeness (QED) is 0.781. The second kappa shape index (κ2) is 5.42. The third kappa shape index (κ3) is 2.70. The van der Waals surface area contributed by atoms with Crippen LogP contribution in [0, 0.1) is 5.92 Å². The average Bonchev–Trinajstić information content (AvgIpc) is 3.19. The van der Waals surface area contributed by atoms with E-state index < -0.39 is 10.0 Å². The fraction of sp³-hybridized carbons (Fsp3) is 0.533. The van der Waals surface area contributed by atoms with Crippen LogP contribution < -0.4 is 4.74 Å². The molecule has 1 aliphatic carbocycles. The largest absolute Gasteiger partial charge is 0.495 e. The molecule has 0 radical (unpaired) electrons. The fourth-order valence-corrected chi connectivity index (χ4v) is 4.38. The van der Waals surface area contributed by atoms with Crippen LogP contribution in [0.4, 0.5) is 0 Å². The molecule has 1 saturated carbocycles. The van der Waals surface area contributed by atoms with E-state index >= 15 is 0 Å². The Hall–Kier alpha value is -1.40. The summed E-state index contributed by atoms with van der Waals surface area (Å²) < 4.78 is 32.1. The highest BCUT2D eigenvalue weighted by Gasteiger charge is 2.34. The van der Waals surface area contributed by atoms with Crippen molar-refractivity contribution in [1.82, 2.24) is 4.31 Å². The smallest absolute Gasteiger partial charge is 0.246 e. The van der Waals surface area contributed by atoms with Gasteiger partial charge in [-0.25, -0.2) is 8.42 Å². The normalized spacial score (nSPS) is 19.7. The second-order valence-corrected chi connectivity index (χ2v) is 7.52. The molecule has 2 aliphatic rings. The number of Topliss-reactive ketones (excluding diaryl/α,β-unsaturated/α-hetero) is 1. The van der Waals surface area contributed by atoms with Crippen molar-refractivity contribution in [3.8, 4) is 5.75 Å². The summed E-state index contributed by atoms with van der Waals surface area (Å²) in [4.78, 5) is 12.3. The molecule has 2 fully saturated rings. The molecule has 1 aromatic rings. The Kier molecular flexibility index (Phi) is 3.75. The Morgan fingerprint density at radius 1 is 1.24 bits per heavy atom. The molecular weight excluding hydrogens is 290 g/mol. The van der Waals surface area contributed by atoms with Gasteiger partial charge in [-0.05, 0) is 43.9 Å². The number of ketones is 1. The van der Waals surface area contributed by atoms with Crippen molar-refractivity contribution in [1.29, 1.82) is 0 Å². The lowest BCUT2D eigenvalue weighted by atomic mass is 10.1. The third-order valence-corrected chi connectivity index (χ3v) is 6.00. The van der Waals surface area contributed by atoms with E-state index in [0.717, 1.165) is 25.7 Å². The maximum atomic E-state index is 12.7. The molecule has 6 heteroatoms. The summed E-state index contributed by atoms with van der Waals surface area (Å²) in [5, 5.41) is 0. The summed E-state index contributed by atoms with van der Waals surface area (Å²) in [6.45, 7) is 1.07. The summed E-state index contributed by atoms with van der Waals surface area (Å²) in [5.41, 5.74) is 0.469. The van der Waals surface area contributed by atoms with E-state index in [4.69, 9.17) is 4.74 Å². The van der Waals surface area contributed by atoms with E-state index in [1.165, 1.54) is 17.5 Å². The fourth-order valence-electron chi connectivity index (χ4n) is 2.68. The molecule has 1 saturated heterocycles. The zero-order valence-corrected chi connectivity index (χ0v) is 12.9. The monoisotopic (exact) mass is 309 g/mol. The van der Waals surface area contributed by atoms with Crippen molar-refractivity contribution in [2.24, 2.45) is 5.92 Å². The highest BCUT2D eigenvalue weighted by Crippen LogP contribution is 2.35. The molecule has 0 N–H and O–H groups in total.